The normalized spacial score (nSPS) is 10.3. The van der Waals surface area contributed by atoms with Crippen molar-refractivity contribution < 1.29 is 4.74 Å². The Balaban J connectivity index is 2.35. The Kier molecular flexibility index (Phi) is 4.54. The van der Waals surface area contributed by atoms with Gasteiger partial charge in [-0.3, -0.25) is 0 Å². The summed E-state index contributed by atoms with van der Waals surface area (Å²) in [6.07, 6.45) is 0. The quantitative estimate of drug-likeness (QED) is 0.507. The number of ether oxygens (including phenoxy) is 1. The van der Waals surface area contributed by atoms with E-state index in [2.05, 4.69) is 22.6 Å². The molecule has 1 nitrogen and oxygen atoms in total. The van der Waals surface area contributed by atoms with Gasteiger partial charge in [0.2, 0.25) is 0 Å². The number of hydrogen-bond donors (Lipinski definition) is 0. The van der Waals surface area contributed by atoms with E-state index in [1.807, 2.05) is 36.4 Å². The molecule has 2 aromatic rings. The third-order valence-electron chi connectivity index (χ3n) is 2.21. The van der Waals surface area contributed by atoms with Crippen molar-refractivity contribution in [2.75, 3.05) is 0 Å². The highest BCUT2D eigenvalue weighted by molar-refractivity contribution is 14.1. The third kappa shape index (κ3) is 3.27. The van der Waals surface area contributed by atoms with Gasteiger partial charge in [0, 0.05) is 9.13 Å². The third-order valence-corrected chi connectivity index (χ3v) is 3.47. The molecule has 0 amide bonds. The minimum atomic E-state index is 0.375. The number of para-hydroxylation sites is 1. The fraction of sp³-hybridized carbons (Fsp3) is 0.0769. The molecular formula is C13H9Cl2IO. The smallest absolute Gasteiger partial charge is 0.150 e. The van der Waals surface area contributed by atoms with Crippen LogP contribution >= 0.6 is 45.8 Å². The fourth-order valence-electron chi connectivity index (χ4n) is 1.42. The largest absolute Gasteiger partial charge is 0.455 e. The summed E-state index contributed by atoms with van der Waals surface area (Å²) in [5.74, 6) is 1.77. The van der Waals surface area contributed by atoms with Crippen LogP contribution in [0.3, 0.4) is 0 Å². The van der Waals surface area contributed by atoms with Gasteiger partial charge in [-0.15, -0.1) is 11.6 Å². The Labute approximate surface area is 124 Å². The predicted molar refractivity (Wildman–Crippen MR) is 80.2 cm³/mol. The van der Waals surface area contributed by atoms with Crippen molar-refractivity contribution in [3.8, 4) is 11.5 Å². The van der Waals surface area contributed by atoms with E-state index in [9.17, 15) is 0 Å². The van der Waals surface area contributed by atoms with Gasteiger partial charge in [0.05, 0.1) is 10.9 Å². The minimum Gasteiger partial charge on any atom is -0.455 e. The molecule has 0 saturated carbocycles. The average molecular weight is 379 g/mol. The lowest BCUT2D eigenvalue weighted by molar-refractivity contribution is 0.478. The second-order valence-corrected chi connectivity index (χ2v) is 5.34. The van der Waals surface area contributed by atoms with Crippen molar-refractivity contribution in [3.05, 3.63) is 56.6 Å². The number of halogens is 3. The molecule has 0 aliphatic rings. The van der Waals surface area contributed by atoms with E-state index in [4.69, 9.17) is 27.9 Å². The van der Waals surface area contributed by atoms with E-state index in [1.54, 1.807) is 6.07 Å². The van der Waals surface area contributed by atoms with Gasteiger partial charge in [-0.05, 0) is 46.9 Å². The molecule has 0 spiro atoms. The molecule has 2 rings (SSSR count). The molecule has 0 saturated heterocycles. The Morgan fingerprint density at radius 1 is 1.12 bits per heavy atom. The predicted octanol–water partition coefficient (Wildman–Crippen LogP) is 5.48. The number of alkyl halides is 1. The van der Waals surface area contributed by atoms with Gasteiger partial charge < -0.3 is 4.74 Å². The maximum absolute atomic E-state index is 6.11. The lowest BCUT2D eigenvalue weighted by Gasteiger charge is -2.11. The second kappa shape index (κ2) is 5.94. The van der Waals surface area contributed by atoms with Crippen LogP contribution in [0.2, 0.25) is 5.02 Å². The average Bonchev–Trinajstić information content (AvgIpc) is 2.32. The van der Waals surface area contributed by atoms with Crippen molar-refractivity contribution in [3.63, 3.8) is 0 Å². The molecule has 17 heavy (non-hydrogen) atoms. The molecular weight excluding hydrogens is 370 g/mol. The topological polar surface area (TPSA) is 9.23 Å². The van der Waals surface area contributed by atoms with E-state index < -0.39 is 0 Å². The first-order chi connectivity index (χ1) is 8.20. The van der Waals surface area contributed by atoms with Gasteiger partial charge in [-0.2, -0.15) is 0 Å². The zero-order valence-electron chi connectivity index (χ0n) is 8.79. The van der Waals surface area contributed by atoms with Crippen LogP contribution in [0.5, 0.6) is 11.5 Å². The van der Waals surface area contributed by atoms with Gasteiger partial charge in [0.15, 0.2) is 0 Å². The Morgan fingerprint density at radius 3 is 2.59 bits per heavy atom. The van der Waals surface area contributed by atoms with E-state index >= 15 is 0 Å². The SMILES string of the molecule is ClCc1cccc(Cl)c1Oc1cccc(I)c1. The summed E-state index contributed by atoms with van der Waals surface area (Å²) in [7, 11) is 0. The van der Waals surface area contributed by atoms with Crippen molar-refractivity contribution in [1.82, 2.24) is 0 Å². The second-order valence-electron chi connectivity index (χ2n) is 3.42. The first-order valence-corrected chi connectivity index (χ1v) is 6.96. The van der Waals surface area contributed by atoms with E-state index in [1.165, 1.54) is 0 Å². The molecule has 0 atom stereocenters. The molecule has 0 aliphatic carbocycles. The van der Waals surface area contributed by atoms with Gasteiger partial charge >= 0.3 is 0 Å². The summed E-state index contributed by atoms with van der Waals surface area (Å²) in [4.78, 5) is 0. The molecule has 0 unspecified atom stereocenters. The summed E-state index contributed by atoms with van der Waals surface area (Å²) >= 11 is 14.2. The standard InChI is InChI=1S/C13H9Cl2IO/c14-8-9-3-1-6-12(15)13(9)17-11-5-2-4-10(16)7-11/h1-7H,8H2. The first-order valence-electron chi connectivity index (χ1n) is 4.97. The van der Waals surface area contributed by atoms with Crippen LogP contribution < -0.4 is 4.74 Å². The van der Waals surface area contributed by atoms with Crippen molar-refractivity contribution in [2.24, 2.45) is 0 Å². The maximum atomic E-state index is 6.11. The Bertz CT molecular complexity index is 529. The molecule has 0 fully saturated rings. The number of rotatable bonds is 3. The van der Waals surface area contributed by atoms with E-state index in [0.717, 1.165) is 14.9 Å². The summed E-state index contributed by atoms with van der Waals surface area (Å²) in [6.45, 7) is 0. The maximum Gasteiger partial charge on any atom is 0.150 e. The van der Waals surface area contributed by atoms with Crippen LogP contribution in [0.4, 0.5) is 0 Å². The first kappa shape index (κ1) is 13.0. The number of hydrogen-bond acceptors (Lipinski definition) is 1. The van der Waals surface area contributed by atoms with Crippen LogP contribution in [0.15, 0.2) is 42.5 Å². The van der Waals surface area contributed by atoms with E-state index in [0.29, 0.717) is 16.7 Å². The zero-order chi connectivity index (χ0) is 12.3. The molecule has 0 aromatic heterocycles. The molecule has 4 heteroatoms. The Hall–Kier alpha value is -0.450. The van der Waals surface area contributed by atoms with Crippen molar-refractivity contribution in [2.45, 2.75) is 5.88 Å². The van der Waals surface area contributed by atoms with Crippen LogP contribution in [0, 0.1) is 3.57 Å². The summed E-state index contributed by atoms with van der Waals surface area (Å²) in [5.41, 5.74) is 0.887. The van der Waals surface area contributed by atoms with Crippen LogP contribution in [0.25, 0.3) is 0 Å². The highest BCUT2D eigenvalue weighted by atomic mass is 127. The number of benzene rings is 2. The van der Waals surface area contributed by atoms with Crippen molar-refractivity contribution >= 4 is 45.8 Å². The highest BCUT2D eigenvalue weighted by Crippen LogP contribution is 2.34. The summed E-state index contributed by atoms with van der Waals surface area (Å²) < 4.78 is 6.90. The molecule has 0 heterocycles. The lowest BCUT2D eigenvalue weighted by atomic mass is 10.2. The minimum absolute atomic E-state index is 0.375. The lowest BCUT2D eigenvalue weighted by Crippen LogP contribution is -1.91. The molecule has 0 N–H and O–H groups in total. The van der Waals surface area contributed by atoms with Gasteiger partial charge in [0.1, 0.15) is 11.5 Å². The molecule has 0 aliphatic heterocycles. The van der Waals surface area contributed by atoms with Gasteiger partial charge in [-0.1, -0.05) is 29.8 Å². The van der Waals surface area contributed by atoms with Crippen LogP contribution in [-0.4, -0.2) is 0 Å². The molecule has 0 bridgehead atoms. The van der Waals surface area contributed by atoms with Crippen LogP contribution in [-0.2, 0) is 5.88 Å². The summed E-state index contributed by atoms with van der Waals surface area (Å²) in [5, 5.41) is 0.571. The zero-order valence-corrected chi connectivity index (χ0v) is 12.5. The monoisotopic (exact) mass is 378 g/mol. The summed E-state index contributed by atoms with van der Waals surface area (Å²) in [6, 6.07) is 13.3. The Morgan fingerprint density at radius 2 is 1.88 bits per heavy atom. The fourth-order valence-corrected chi connectivity index (χ4v) is 2.38. The highest BCUT2D eigenvalue weighted by Gasteiger charge is 2.08. The molecule has 88 valence electrons. The van der Waals surface area contributed by atoms with E-state index in [-0.39, 0.29) is 0 Å². The van der Waals surface area contributed by atoms with Crippen LogP contribution in [0.1, 0.15) is 5.56 Å². The molecule has 0 radical (unpaired) electrons. The van der Waals surface area contributed by atoms with Gasteiger partial charge in [-0.25, -0.2) is 0 Å². The molecule has 2 aromatic carbocycles. The van der Waals surface area contributed by atoms with Gasteiger partial charge in [0.25, 0.3) is 0 Å². The van der Waals surface area contributed by atoms with Crippen molar-refractivity contribution in [1.29, 1.82) is 0 Å².